The Morgan fingerprint density at radius 2 is 1.91 bits per heavy atom. The first-order chi connectivity index (χ1) is 10.6. The van der Waals surface area contributed by atoms with E-state index in [0.717, 1.165) is 18.4 Å². The van der Waals surface area contributed by atoms with Gasteiger partial charge >= 0.3 is 0 Å². The van der Waals surface area contributed by atoms with Crippen LogP contribution in [0.25, 0.3) is 0 Å². The normalized spacial score (nSPS) is 15.4. The highest BCUT2D eigenvalue weighted by Crippen LogP contribution is 2.36. The fourth-order valence-corrected chi connectivity index (χ4v) is 2.86. The smallest absolute Gasteiger partial charge is 0.254 e. The summed E-state index contributed by atoms with van der Waals surface area (Å²) in [6.07, 6.45) is 2.12. The van der Waals surface area contributed by atoms with Gasteiger partial charge in [-0.15, -0.1) is 0 Å². The predicted molar refractivity (Wildman–Crippen MR) is 89.9 cm³/mol. The summed E-state index contributed by atoms with van der Waals surface area (Å²) >= 11 is 5.95. The monoisotopic (exact) mass is 314 g/mol. The topological polar surface area (TPSA) is 46.3 Å². The number of anilines is 1. The van der Waals surface area contributed by atoms with Gasteiger partial charge in [-0.1, -0.05) is 29.8 Å². The van der Waals surface area contributed by atoms with Crippen LogP contribution in [-0.2, 0) is 0 Å². The van der Waals surface area contributed by atoms with Crippen LogP contribution in [0.1, 0.15) is 41.7 Å². The van der Waals surface area contributed by atoms with Crippen LogP contribution >= 0.6 is 11.6 Å². The van der Waals surface area contributed by atoms with E-state index in [9.17, 15) is 4.79 Å². The Morgan fingerprint density at radius 1 is 1.23 bits per heavy atom. The molecule has 1 fully saturated rings. The number of amides is 1. The van der Waals surface area contributed by atoms with Crippen LogP contribution in [0.3, 0.4) is 0 Å². The van der Waals surface area contributed by atoms with Crippen molar-refractivity contribution >= 4 is 23.2 Å². The average molecular weight is 315 g/mol. The molecule has 1 amide bonds. The number of carbonyl (C=O) groups is 1. The molecule has 0 bridgehead atoms. The van der Waals surface area contributed by atoms with E-state index in [1.165, 1.54) is 0 Å². The molecule has 1 unspecified atom stereocenters. The van der Waals surface area contributed by atoms with Gasteiger partial charge in [0.2, 0.25) is 0 Å². The molecule has 0 radical (unpaired) electrons. The van der Waals surface area contributed by atoms with Gasteiger partial charge in [-0.2, -0.15) is 0 Å². The van der Waals surface area contributed by atoms with Crippen LogP contribution in [0.2, 0.25) is 5.02 Å². The largest absolute Gasteiger partial charge is 0.399 e. The second kappa shape index (κ2) is 6.01. The van der Waals surface area contributed by atoms with Crippen molar-refractivity contribution in [1.82, 2.24) is 4.90 Å². The maximum Gasteiger partial charge on any atom is 0.254 e. The molecule has 2 aromatic carbocycles. The standard InChI is InChI=1S/C18H19ClN2O/c1-12(13-5-7-15(19)8-6-13)21(17-9-10-17)18(22)14-3-2-4-16(20)11-14/h2-8,11-12,17H,9-10,20H2,1H3. The van der Waals surface area contributed by atoms with Gasteiger partial charge in [-0.3, -0.25) is 4.79 Å². The fourth-order valence-electron chi connectivity index (χ4n) is 2.73. The molecule has 1 aliphatic carbocycles. The van der Waals surface area contributed by atoms with Gasteiger partial charge in [0.1, 0.15) is 0 Å². The van der Waals surface area contributed by atoms with E-state index < -0.39 is 0 Å². The predicted octanol–water partition coefficient (Wildman–Crippen LogP) is 4.29. The molecule has 22 heavy (non-hydrogen) atoms. The molecule has 0 aliphatic heterocycles. The fraction of sp³-hybridized carbons (Fsp3) is 0.278. The first-order valence-electron chi connectivity index (χ1n) is 7.50. The molecule has 1 aliphatic rings. The van der Waals surface area contributed by atoms with E-state index in [1.54, 1.807) is 12.1 Å². The van der Waals surface area contributed by atoms with Crippen molar-refractivity contribution in [1.29, 1.82) is 0 Å². The number of nitrogen functional groups attached to an aromatic ring is 1. The van der Waals surface area contributed by atoms with E-state index in [4.69, 9.17) is 17.3 Å². The molecule has 1 saturated carbocycles. The van der Waals surface area contributed by atoms with Crippen molar-refractivity contribution in [3.63, 3.8) is 0 Å². The van der Waals surface area contributed by atoms with Crippen molar-refractivity contribution in [2.24, 2.45) is 0 Å². The molecule has 0 saturated heterocycles. The van der Waals surface area contributed by atoms with Crippen LogP contribution in [0.5, 0.6) is 0 Å². The maximum absolute atomic E-state index is 12.9. The van der Waals surface area contributed by atoms with Crippen molar-refractivity contribution in [3.8, 4) is 0 Å². The Labute approximate surface area is 135 Å². The van der Waals surface area contributed by atoms with E-state index >= 15 is 0 Å². The molecular formula is C18H19ClN2O. The van der Waals surface area contributed by atoms with Crippen LogP contribution in [0.15, 0.2) is 48.5 Å². The quantitative estimate of drug-likeness (QED) is 0.856. The van der Waals surface area contributed by atoms with E-state index in [0.29, 0.717) is 22.3 Å². The lowest BCUT2D eigenvalue weighted by Crippen LogP contribution is -2.35. The molecule has 114 valence electrons. The number of nitrogens with zero attached hydrogens (tertiary/aromatic N) is 1. The van der Waals surface area contributed by atoms with E-state index in [1.807, 2.05) is 41.3 Å². The molecule has 2 N–H and O–H groups in total. The highest BCUT2D eigenvalue weighted by Gasteiger charge is 2.36. The van der Waals surface area contributed by atoms with Crippen LogP contribution in [0, 0.1) is 0 Å². The third kappa shape index (κ3) is 3.09. The summed E-state index contributed by atoms with van der Waals surface area (Å²) in [5, 5.41) is 0.705. The number of hydrogen-bond acceptors (Lipinski definition) is 2. The van der Waals surface area contributed by atoms with Crippen LogP contribution < -0.4 is 5.73 Å². The van der Waals surface area contributed by atoms with Crippen molar-refractivity contribution in [3.05, 3.63) is 64.7 Å². The lowest BCUT2D eigenvalue weighted by atomic mass is 10.0. The highest BCUT2D eigenvalue weighted by atomic mass is 35.5. The summed E-state index contributed by atoms with van der Waals surface area (Å²) in [6, 6.07) is 15.2. The maximum atomic E-state index is 12.9. The number of halogens is 1. The molecule has 0 heterocycles. The second-order valence-corrected chi connectivity index (χ2v) is 6.23. The minimum atomic E-state index is 0.0127. The van der Waals surface area contributed by atoms with Gasteiger partial charge in [0.25, 0.3) is 5.91 Å². The zero-order chi connectivity index (χ0) is 15.7. The molecule has 3 rings (SSSR count). The van der Waals surface area contributed by atoms with E-state index in [-0.39, 0.29) is 11.9 Å². The molecule has 2 aromatic rings. The summed E-state index contributed by atoms with van der Waals surface area (Å²) in [7, 11) is 0. The zero-order valence-electron chi connectivity index (χ0n) is 12.5. The Hall–Kier alpha value is -2.00. The van der Waals surface area contributed by atoms with Crippen molar-refractivity contribution < 1.29 is 4.79 Å². The van der Waals surface area contributed by atoms with Gasteiger partial charge in [0.15, 0.2) is 0 Å². The van der Waals surface area contributed by atoms with Gasteiger partial charge < -0.3 is 10.6 Å². The first kappa shape index (κ1) is 14.9. The minimum Gasteiger partial charge on any atom is -0.399 e. The number of hydrogen-bond donors (Lipinski definition) is 1. The molecule has 1 atom stereocenters. The first-order valence-corrected chi connectivity index (χ1v) is 7.88. The van der Waals surface area contributed by atoms with Crippen LogP contribution in [-0.4, -0.2) is 16.8 Å². The number of carbonyl (C=O) groups excluding carboxylic acids is 1. The Balaban J connectivity index is 1.89. The van der Waals surface area contributed by atoms with Gasteiger partial charge in [0.05, 0.1) is 6.04 Å². The summed E-state index contributed by atoms with van der Waals surface area (Å²) in [5.74, 6) is 0.0391. The average Bonchev–Trinajstić information content (AvgIpc) is 3.32. The number of rotatable bonds is 4. The third-order valence-corrected chi connectivity index (χ3v) is 4.33. The highest BCUT2D eigenvalue weighted by molar-refractivity contribution is 6.30. The van der Waals surface area contributed by atoms with E-state index in [2.05, 4.69) is 6.92 Å². The van der Waals surface area contributed by atoms with Crippen molar-refractivity contribution in [2.75, 3.05) is 5.73 Å². The molecule has 0 aromatic heterocycles. The second-order valence-electron chi connectivity index (χ2n) is 5.80. The lowest BCUT2D eigenvalue weighted by Gasteiger charge is -2.30. The van der Waals surface area contributed by atoms with Crippen molar-refractivity contribution in [2.45, 2.75) is 31.8 Å². The van der Waals surface area contributed by atoms with Gasteiger partial charge in [-0.25, -0.2) is 0 Å². The summed E-state index contributed by atoms with van der Waals surface area (Å²) in [6.45, 7) is 2.06. The Morgan fingerprint density at radius 3 is 2.50 bits per heavy atom. The SMILES string of the molecule is CC(c1ccc(Cl)cc1)N(C(=O)c1cccc(N)c1)C1CC1. The molecule has 3 nitrogen and oxygen atoms in total. The van der Waals surface area contributed by atoms with Gasteiger partial charge in [0, 0.05) is 22.3 Å². The Kier molecular flexibility index (Phi) is 4.08. The van der Waals surface area contributed by atoms with Gasteiger partial charge in [-0.05, 0) is 55.7 Å². The Bertz CT molecular complexity index is 680. The lowest BCUT2D eigenvalue weighted by molar-refractivity contribution is 0.0674. The third-order valence-electron chi connectivity index (χ3n) is 4.08. The summed E-state index contributed by atoms with van der Waals surface area (Å²) in [4.78, 5) is 14.9. The molecule has 4 heteroatoms. The summed E-state index contributed by atoms with van der Waals surface area (Å²) < 4.78 is 0. The number of benzene rings is 2. The number of nitrogens with two attached hydrogens (primary N) is 1. The molecular weight excluding hydrogens is 296 g/mol. The van der Waals surface area contributed by atoms with Crippen LogP contribution in [0.4, 0.5) is 5.69 Å². The minimum absolute atomic E-state index is 0.0127. The summed E-state index contributed by atoms with van der Waals surface area (Å²) in [5.41, 5.74) is 8.16. The molecule has 0 spiro atoms. The zero-order valence-corrected chi connectivity index (χ0v) is 13.3.